The van der Waals surface area contributed by atoms with Crippen LogP contribution in [0.4, 0.5) is 0 Å². The fraction of sp³-hybridized carbons (Fsp3) is 1.00. The van der Waals surface area contributed by atoms with Gasteiger partial charge in [0, 0.05) is 24.7 Å². The number of nitrogens with one attached hydrogen (secondary N) is 1. The lowest BCUT2D eigenvalue weighted by Gasteiger charge is -2.39. The molecule has 0 aromatic heterocycles. The summed E-state index contributed by atoms with van der Waals surface area (Å²) < 4.78 is 0. The van der Waals surface area contributed by atoms with Crippen molar-refractivity contribution in [2.75, 3.05) is 20.1 Å². The summed E-state index contributed by atoms with van der Waals surface area (Å²) in [6, 6.07) is 0.808. The summed E-state index contributed by atoms with van der Waals surface area (Å²) in [5.74, 6) is 0.905. The first-order chi connectivity index (χ1) is 8.15. The third-order valence-corrected chi connectivity index (χ3v) is 5.13. The molecule has 2 heteroatoms. The predicted octanol–water partition coefficient (Wildman–Crippen LogP) is 3.03. The molecule has 1 saturated carbocycles. The molecule has 2 fully saturated rings. The molecule has 2 nitrogen and oxygen atoms in total. The van der Waals surface area contributed by atoms with E-state index in [0.717, 1.165) is 12.0 Å². The highest BCUT2D eigenvalue weighted by molar-refractivity contribution is 4.91. The molecule has 0 radical (unpaired) electrons. The summed E-state index contributed by atoms with van der Waals surface area (Å²) in [6.45, 7) is 7.41. The van der Waals surface area contributed by atoms with Gasteiger partial charge in [0.15, 0.2) is 0 Å². The van der Waals surface area contributed by atoms with Crippen LogP contribution < -0.4 is 5.32 Å². The van der Waals surface area contributed by atoms with Gasteiger partial charge in [0.2, 0.25) is 0 Å². The lowest BCUT2D eigenvalue weighted by Crippen LogP contribution is -2.47. The molecular weight excluding hydrogens is 208 g/mol. The molecule has 17 heavy (non-hydrogen) atoms. The quantitative estimate of drug-likeness (QED) is 0.810. The third kappa shape index (κ3) is 3.23. The third-order valence-electron chi connectivity index (χ3n) is 5.13. The number of rotatable bonds is 4. The molecule has 1 saturated heterocycles. The zero-order valence-corrected chi connectivity index (χ0v) is 12.0. The maximum atomic E-state index is 3.64. The minimum Gasteiger partial charge on any atom is -0.314 e. The SMILES string of the molecule is CNC1(CCN2CC(C)CC2C)CCCCC1. The van der Waals surface area contributed by atoms with Gasteiger partial charge >= 0.3 is 0 Å². The van der Waals surface area contributed by atoms with Crippen molar-refractivity contribution in [1.29, 1.82) is 0 Å². The molecule has 0 aromatic rings. The Morgan fingerprint density at radius 2 is 1.88 bits per heavy atom. The van der Waals surface area contributed by atoms with Crippen LogP contribution in [-0.2, 0) is 0 Å². The van der Waals surface area contributed by atoms with E-state index in [4.69, 9.17) is 0 Å². The molecule has 0 bridgehead atoms. The van der Waals surface area contributed by atoms with Crippen LogP contribution in [0.2, 0.25) is 0 Å². The molecular formula is C15H30N2. The summed E-state index contributed by atoms with van der Waals surface area (Å²) in [5.41, 5.74) is 0.462. The topological polar surface area (TPSA) is 15.3 Å². The van der Waals surface area contributed by atoms with E-state index in [2.05, 4.69) is 31.1 Å². The molecule has 0 aromatic carbocycles. The van der Waals surface area contributed by atoms with Crippen molar-refractivity contribution >= 4 is 0 Å². The Morgan fingerprint density at radius 1 is 1.18 bits per heavy atom. The first-order valence-electron chi connectivity index (χ1n) is 7.58. The highest BCUT2D eigenvalue weighted by Gasteiger charge is 2.32. The Bertz CT molecular complexity index is 233. The van der Waals surface area contributed by atoms with Crippen molar-refractivity contribution in [3.05, 3.63) is 0 Å². The Kier molecular flexibility index (Phi) is 4.48. The van der Waals surface area contributed by atoms with Crippen molar-refractivity contribution in [1.82, 2.24) is 10.2 Å². The van der Waals surface area contributed by atoms with Crippen molar-refractivity contribution in [3.8, 4) is 0 Å². The first kappa shape index (κ1) is 13.4. The summed E-state index contributed by atoms with van der Waals surface area (Å²) in [6.07, 6.45) is 9.82. The maximum Gasteiger partial charge on any atom is 0.0190 e. The van der Waals surface area contributed by atoms with Crippen LogP contribution in [0.15, 0.2) is 0 Å². The van der Waals surface area contributed by atoms with Crippen molar-refractivity contribution in [2.45, 2.75) is 70.4 Å². The zero-order chi connectivity index (χ0) is 12.3. The summed E-state index contributed by atoms with van der Waals surface area (Å²) >= 11 is 0. The largest absolute Gasteiger partial charge is 0.314 e. The van der Waals surface area contributed by atoms with Gasteiger partial charge in [-0.15, -0.1) is 0 Å². The van der Waals surface area contributed by atoms with E-state index in [-0.39, 0.29) is 0 Å². The average Bonchev–Trinajstić information content (AvgIpc) is 2.67. The van der Waals surface area contributed by atoms with Gasteiger partial charge in [-0.05, 0) is 45.6 Å². The molecule has 1 aliphatic carbocycles. The van der Waals surface area contributed by atoms with Crippen LogP contribution >= 0.6 is 0 Å². The normalized spacial score (nSPS) is 34.1. The van der Waals surface area contributed by atoms with Crippen LogP contribution in [-0.4, -0.2) is 36.6 Å². The fourth-order valence-corrected chi connectivity index (χ4v) is 3.91. The molecule has 0 spiro atoms. The van der Waals surface area contributed by atoms with E-state index in [1.54, 1.807) is 0 Å². The molecule has 2 aliphatic rings. The van der Waals surface area contributed by atoms with Gasteiger partial charge in [-0.3, -0.25) is 0 Å². The van der Waals surface area contributed by atoms with Gasteiger partial charge < -0.3 is 10.2 Å². The van der Waals surface area contributed by atoms with E-state index < -0.39 is 0 Å². The molecule has 1 aliphatic heterocycles. The minimum atomic E-state index is 0.462. The lowest BCUT2D eigenvalue weighted by atomic mass is 9.79. The van der Waals surface area contributed by atoms with Crippen molar-refractivity contribution < 1.29 is 0 Å². The van der Waals surface area contributed by atoms with E-state index in [0.29, 0.717) is 5.54 Å². The van der Waals surface area contributed by atoms with Crippen LogP contribution in [0.3, 0.4) is 0 Å². The fourth-order valence-electron chi connectivity index (χ4n) is 3.91. The van der Waals surface area contributed by atoms with Crippen molar-refractivity contribution in [2.24, 2.45) is 5.92 Å². The Hall–Kier alpha value is -0.0800. The average molecular weight is 238 g/mol. The molecule has 1 N–H and O–H groups in total. The summed E-state index contributed by atoms with van der Waals surface area (Å²) in [4.78, 5) is 2.71. The maximum absolute atomic E-state index is 3.64. The van der Waals surface area contributed by atoms with Gasteiger partial charge in [0.25, 0.3) is 0 Å². The number of hydrogen-bond acceptors (Lipinski definition) is 2. The van der Waals surface area contributed by atoms with E-state index in [1.807, 2.05) is 0 Å². The van der Waals surface area contributed by atoms with Gasteiger partial charge in [-0.25, -0.2) is 0 Å². The van der Waals surface area contributed by atoms with Crippen LogP contribution in [0.5, 0.6) is 0 Å². The van der Waals surface area contributed by atoms with Crippen LogP contribution in [0.25, 0.3) is 0 Å². The minimum absolute atomic E-state index is 0.462. The molecule has 2 unspecified atom stereocenters. The summed E-state index contributed by atoms with van der Waals surface area (Å²) in [7, 11) is 2.17. The predicted molar refractivity (Wildman–Crippen MR) is 74.3 cm³/mol. The number of hydrogen-bond donors (Lipinski definition) is 1. The van der Waals surface area contributed by atoms with Gasteiger partial charge in [0.1, 0.15) is 0 Å². The highest BCUT2D eigenvalue weighted by atomic mass is 15.2. The zero-order valence-electron chi connectivity index (χ0n) is 12.0. The van der Waals surface area contributed by atoms with Gasteiger partial charge in [-0.1, -0.05) is 26.2 Å². The lowest BCUT2D eigenvalue weighted by molar-refractivity contribution is 0.178. The standard InChI is InChI=1S/C15H30N2/c1-13-11-14(2)17(12-13)10-9-15(16-3)7-5-4-6-8-15/h13-14,16H,4-12H2,1-3H3. The second-order valence-electron chi connectivity index (χ2n) is 6.53. The second-order valence-corrected chi connectivity index (χ2v) is 6.53. The Balaban J connectivity index is 1.83. The van der Waals surface area contributed by atoms with Gasteiger partial charge in [0.05, 0.1) is 0 Å². The van der Waals surface area contributed by atoms with E-state index >= 15 is 0 Å². The number of nitrogens with zero attached hydrogens (tertiary/aromatic N) is 1. The molecule has 1 heterocycles. The van der Waals surface area contributed by atoms with Gasteiger partial charge in [-0.2, -0.15) is 0 Å². The molecule has 100 valence electrons. The first-order valence-corrected chi connectivity index (χ1v) is 7.58. The second kappa shape index (κ2) is 5.71. The van der Waals surface area contributed by atoms with Crippen LogP contribution in [0.1, 0.15) is 58.8 Å². The highest BCUT2D eigenvalue weighted by Crippen LogP contribution is 2.32. The summed E-state index contributed by atoms with van der Waals surface area (Å²) in [5, 5.41) is 3.64. The molecule has 2 atom stereocenters. The van der Waals surface area contributed by atoms with E-state index in [1.165, 1.54) is 58.0 Å². The van der Waals surface area contributed by atoms with Crippen LogP contribution in [0, 0.1) is 5.92 Å². The Labute approximate surface area is 107 Å². The smallest absolute Gasteiger partial charge is 0.0190 e. The van der Waals surface area contributed by atoms with E-state index in [9.17, 15) is 0 Å². The van der Waals surface area contributed by atoms with Crippen molar-refractivity contribution in [3.63, 3.8) is 0 Å². The monoisotopic (exact) mass is 238 g/mol. The molecule has 2 rings (SSSR count). The number of likely N-dealkylation sites (tertiary alicyclic amines) is 1. The molecule has 0 amide bonds. The Morgan fingerprint density at radius 3 is 2.41 bits per heavy atom.